The van der Waals surface area contributed by atoms with Crippen molar-refractivity contribution in [2.45, 2.75) is 4.90 Å². The van der Waals surface area contributed by atoms with Gasteiger partial charge in [-0.2, -0.15) is 16.8 Å². The number of nitrogens with zero attached hydrogens (tertiary/aromatic N) is 3. The molecule has 1 N–H and O–H groups in total. The number of rotatable bonds is 4. The number of hydrogen-bond acceptors (Lipinski definition) is 6. The lowest BCUT2D eigenvalue weighted by atomic mass is 10.1. The van der Waals surface area contributed by atoms with Crippen molar-refractivity contribution in [1.82, 2.24) is 5.27 Å². The number of nitrogens with one attached hydrogen (secondary N) is 1. The summed E-state index contributed by atoms with van der Waals surface area (Å²) < 4.78 is 34.2. The number of anilines is 1. The van der Waals surface area contributed by atoms with Crippen LogP contribution in [0.2, 0.25) is 10.0 Å². The van der Waals surface area contributed by atoms with Crippen LogP contribution in [-0.4, -0.2) is 38.3 Å². The van der Waals surface area contributed by atoms with E-state index in [4.69, 9.17) is 27.7 Å². The third-order valence-corrected chi connectivity index (χ3v) is 7.88. The zero-order valence-corrected chi connectivity index (χ0v) is 19.0. The minimum Gasteiger partial charge on any atom is -0.278 e. The van der Waals surface area contributed by atoms with Crippen LogP contribution in [0.4, 0.5) is 5.88 Å². The monoisotopic (exact) mass is 523 g/mol. The number of sulfonamides is 1. The molecule has 0 bridgehead atoms. The van der Waals surface area contributed by atoms with Crippen molar-refractivity contribution >= 4 is 77.6 Å². The smallest absolute Gasteiger partial charge is 0.278 e. The van der Waals surface area contributed by atoms with Gasteiger partial charge in [0.05, 0.1) is 22.8 Å². The first-order valence-corrected chi connectivity index (χ1v) is 12.4. The standard InChI is InChI=1S/C16H14BrCl2N4O3S2/c17-15-16(26-21-23(15)22-6-8-27-9-7-22)20-28(24,25)13-5-4-12(19)14-10(13)2-1-3-11(14)18/h1-5,20H,6-9H2/q+1. The van der Waals surface area contributed by atoms with Crippen molar-refractivity contribution in [2.24, 2.45) is 0 Å². The second-order valence-corrected chi connectivity index (χ2v) is 10.4. The zero-order valence-electron chi connectivity index (χ0n) is 14.2. The summed E-state index contributed by atoms with van der Waals surface area (Å²) in [4.78, 5) is 1.56. The Balaban J connectivity index is 1.71. The molecule has 0 atom stereocenters. The van der Waals surface area contributed by atoms with Crippen LogP contribution >= 0.6 is 50.9 Å². The molecule has 28 heavy (non-hydrogen) atoms. The van der Waals surface area contributed by atoms with E-state index in [1.807, 2.05) is 16.8 Å². The quantitative estimate of drug-likeness (QED) is 0.524. The highest BCUT2D eigenvalue weighted by Crippen LogP contribution is 2.35. The summed E-state index contributed by atoms with van der Waals surface area (Å²) in [5.74, 6) is 1.92. The van der Waals surface area contributed by atoms with Gasteiger partial charge in [-0.3, -0.25) is 4.52 Å². The molecule has 1 aliphatic rings. The Morgan fingerprint density at radius 3 is 2.64 bits per heavy atom. The fourth-order valence-electron chi connectivity index (χ4n) is 2.93. The molecule has 2 aromatic carbocycles. The normalized spacial score (nSPS) is 15.2. The predicted octanol–water partition coefficient (Wildman–Crippen LogP) is 3.67. The van der Waals surface area contributed by atoms with Gasteiger partial charge in [-0.1, -0.05) is 35.3 Å². The number of fused-ring (bicyclic) bond motifs is 1. The number of halogens is 3. The SMILES string of the molecule is O=S(=O)(Nc1on[n+](N2CCSCC2)c1Br)c1ccc(Cl)c2c(Cl)cccc12. The van der Waals surface area contributed by atoms with Gasteiger partial charge in [0.2, 0.25) is 5.27 Å². The molecule has 1 saturated heterocycles. The molecule has 0 unspecified atom stereocenters. The van der Waals surface area contributed by atoms with Gasteiger partial charge in [-0.15, -0.1) is 0 Å². The van der Waals surface area contributed by atoms with Gasteiger partial charge in [0.1, 0.15) is 0 Å². The molecule has 1 aromatic heterocycles. The summed E-state index contributed by atoms with van der Waals surface area (Å²) in [5, 5.41) is 7.57. The van der Waals surface area contributed by atoms with Crippen molar-refractivity contribution in [1.29, 1.82) is 0 Å². The summed E-state index contributed by atoms with van der Waals surface area (Å²) >= 11 is 17.7. The lowest BCUT2D eigenvalue weighted by Gasteiger charge is -2.18. The first-order chi connectivity index (χ1) is 13.4. The number of aromatic nitrogens is 2. The lowest BCUT2D eigenvalue weighted by molar-refractivity contribution is -0.767. The molecule has 0 saturated carbocycles. The molecule has 148 valence electrons. The minimum atomic E-state index is -3.98. The molecule has 7 nitrogen and oxygen atoms in total. The fraction of sp³-hybridized carbons (Fsp3) is 0.250. The second-order valence-electron chi connectivity index (χ2n) is 5.96. The van der Waals surface area contributed by atoms with Crippen LogP contribution < -0.4 is 14.5 Å². The van der Waals surface area contributed by atoms with Crippen molar-refractivity contribution in [2.75, 3.05) is 34.3 Å². The van der Waals surface area contributed by atoms with Gasteiger partial charge in [-0.25, -0.2) is 13.1 Å². The lowest BCUT2D eigenvalue weighted by Crippen LogP contribution is -2.62. The highest BCUT2D eigenvalue weighted by atomic mass is 79.9. The van der Waals surface area contributed by atoms with E-state index in [2.05, 4.69) is 25.9 Å². The molecule has 4 rings (SSSR count). The molecule has 3 aromatic rings. The Hall–Kier alpha value is -1.20. The molecule has 0 radical (unpaired) electrons. The maximum atomic E-state index is 13.0. The fourth-order valence-corrected chi connectivity index (χ4v) is 6.19. The molecule has 0 aliphatic carbocycles. The molecular formula is C16H14BrCl2N4O3S2+. The van der Waals surface area contributed by atoms with E-state index in [9.17, 15) is 8.42 Å². The number of benzene rings is 2. The number of thioether (sulfide) groups is 1. The Bertz CT molecular complexity index is 1140. The third kappa shape index (κ3) is 3.68. The third-order valence-electron chi connectivity index (χ3n) is 4.24. The van der Waals surface area contributed by atoms with Crippen LogP contribution in [-0.2, 0) is 10.0 Å². The van der Waals surface area contributed by atoms with Crippen LogP contribution in [0.3, 0.4) is 0 Å². The highest BCUT2D eigenvalue weighted by Gasteiger charge is 2.32. The van der Waals surface area contributed by atoms with Gasteiger partial charge in [-0.05, 0) is 18.2 Å². The highest BCUT2D eigenvalue weighted by molar-refractivity contribution is 9.10. The van der Waals surface area contributed by atoms with Gasteiger partial charge in [0.15, 0.2) is 0 Å². The maximum absolute atomic E-state index is 13.0. The average molecular weight is 525 g/mol. The number of hydrogen-bond donors (Lipinski definition) is 1. The second kappa shape index (κ2) is 7.91. The van der Waals surface area contributed by atoms with Crippen molar-refractivity contribution < 1.29 is 17.7 Å². The average Bonchev–Trinajstić information content (AvgIpc) is 3.02. The topological polar surface area (TPSA) is 79.3 Å². The maximum Gasteiger partial charge on any atom is 0.373 e. The first-order valence-electron chi connectivity index (χ1n) is 8.18. The summed E-state index contributed by atoms with van der Waals surface area (Å²) in [6.07, 6.45) is 0. The van der Waals surface area contributed by atoms with Crippen LogP contribution in [0, 0.1) is 0 Å². The van der Waals surface area contributed by atoms with Crippen molar-refractivity contribution in [3.63, 3.8) is 0 Å². The summed E-state index contributed by atoms with van der Waals surface area (Å²) in [5.41, 5.74) is 0. The Morgan fingerprint density at radius 1 is 1.18 bits per heavy atom. The van der Waals surface area contributed by atoms with Crippen LogP contribution in [0.15, 0.2) is 44.4 Å². The van der Waals surface area contributed by atoms with E-state index in [1.54, 1.807) is 18.2 Å². The molecule has 0 spiro atoms. The van der Waals surface area contributed by atoms with Gasteiger partial charge >= 0.3 is 10.5 Å². The van der Waals surface area contributed by atoms with E-state index in [-0.39, 0.29) is 10.8 Å². The largest absolute Gasteiger partial charge is 0.373 e. The van der Waals surface area contributed by atoms with E-state index < -0.39 is 10.0 Å². The summed E-state index contributed by atoms with van der Waals surface area (Å²) in [7, 11) is -3.98. The van der Waals surface area contributed by atoms with Gasteiger partial charge in [0.25, 0.3) is 10.0 Å². The van der Waals surface area contributed by atoms with E-state index in [0.717, 1.165) is 24.6 Å². The van der Waals surface area contributed by atoms with Crippen molar-refractivity contribution in [3.8, 4) is 0 Å². The zero-order chi connectivity index (χ0) is 19.9. The molecule has 12 heteroatoms. The Kier molecular flexibility index (Phi) is 5.67. The molecule has 1 aliphatic heterocycles. The Morgan fingerprint density at radius 2 is 1.89 bits per heavy atom. The predicted molar refractivity (Wildman–Crippen MR) is 114 cm³/mol. The molecule has 1 fully saturated rings. The Labute approximate surface area is 184 Å². The molecule has 0 amide bonds. The van der Waals surface area contributed by atoms with Crippen LogP contribution in [0.25, 0.3) is 10.8 Å². The summed E-state index contributed by atoms with van der Waals surface area (Å²) in [6.45, 7) is 1.57. The van der Waals surface area contributed by atoms with E-state index in [0.29, 0.717) is 25.4 Å². The van der Waals surface area contributed by atoms with E-state index in [1.165, 1.54) is 16.9 Å². The summed E-state index contributed by atoms with van der Waals surface area (Å²) in [6, 6.07) is 7.93. The van der Waals surface area contributed by atoms with Gasteiger partial charge < -0.3 is 0 Å². The van der Waals surface area contributed by atoms with Crippen LogP contribution in [0.5, 0.6) is 0 Å². The van der Waals surface area contributed by atoms with Crippen molar-refractivity contribution in [3.05, 3.63) is 45.0 Å². The van der Waals surface area contributed by atoms with Gasteiger partial charge in [0, 0.05) is 48.3 Å². The minimum absolute atomic E-state index is 0.0108. The van der Waals surface area contributed by atoms with E-state index >= 15 is 0 Å². The van der Waals surface area contributed by atoms with Crippen LogP contribution in [0.1, 0.15) is 0 Å². The first kappa shape index (κ1) is 20.1. The molecular weight excluding hydrogens is 511 g/mol. The molecule has 2 heterocycles.